The van der Waals surface area contributed by atoms with Crippen LogP contribution in [-0.2, 0) is 17.7 Å². The minimum absolute atomic E-state index is 0.315. The normalized spacial score (nSPS) is 14.0. The van der Waals surface area contributed by atoms with Crippen LogP contribution < -0.4 is 14.8 Å². The monoisotopic (exact) mass is 419 g/mol. The molecule has 4 rings (SSSR count). The Labute approximate surface area is 170 Å². The summed E-state index contributed by atoms with van der Waals surface area (Å²) in [5, 5.41) is 4.82. The van der Waals surface area contributed by atoms with Gasteiger partial charge in [0.25, 0.3) is 0 Å². The summed E-state index contributed by atoms with van der Waals surface area (Å²) in [6, 6.07) is 3.74. The molecule has 1 aromatic carbocycles. The van der Waals surface area contributed by atoms with E-state index >= 15 is 0 Å². The van der Waals surface area contributed by atoms with Gasteiger partial charge in [-0.2, -0.15) is 0 Å². The van der Waals surface area contributed by atoms with Crippen molar-refractivity contribution in [3.05, 3.63) is 28.1 Å². The minimum Gasteiger partial charge on any atom is -0.497 e. The molecule has 0 aliphatic carbocycles. The van der Waals surface area contributed by atoms with Crippen LogP contribution in [-0.4, -0.2) is 50.8 Å². The Morgan fingerprint density at radius 3 is 2.75 bits per heavy atom. The Morgan fingerprint density at radius 1 is 1.21 bits per heavy atom. The smallest absolute Gasteiger partial charge is 0.341 e. The van der Waals surface area contributed by atoms with Crippen molar-refractivity contribution in [3.63, 3.8) is 0 Å². The van der Waals surface area contributed by atoms with Gasteiger partial charge in [-0.25, -0.2) is 9.78 Å². The quantitative estimate of drug-likeness (QED) is 0.629. The molecular weight excluding hydrogens is 398 g/mol. The summed E-state index contributed by atoms with van der Waals surface area (Å²) in [5.74, 6) is 1.05. The largest absolute Gasteiger partial charge is 0.497 e. The number of carbonyl (C=O) groups excluding carboxylic acids is 1. The van der Waals surface area contributed by atoms with Gasteiger partial charge in [0, 0.05) is 24.0 Å². The standard InChI is InChI=1S/C19H21N3O4S2/c1-22-6-5-11-14(9-22)27-17(15(11)18(23)26-4)21-19-20-16-12(25-3)7-10(24-2)8-13(16)28-19/h7-8H,5-6,9H2,1-4H3,(H,20,21). The Kier molecular flexibility index (Phi) is 5.13. The van der Waals surface area contributed by atoms with Crippen molar-refractivity contribution in [2.45, 2.75) is 13.0 Å². The van der Waals surface area contributed by atoms with E-state index in [1.807, 2.05) is 12.1 Å². The first-order chi connectivity index (χ1) is 13.5. The van der Waals surface area contributed by atoms with Gasteiger partial charge in [-0.15, -0.1) is 11.3 Å². The number of esters is 1. The van der Waals surface area contributed by atoms with E-state index in [0.717, 1.165) is 40.3 Å². The van der Waals surface area contributed by atoms with Gasteiger partial charge in [-0.1, -0.05) is 11.3 Å². The first-order valence-corrected chi connectivity index (χ1v) is 10.4. The molecule has 9 heteroatoms. The van der Waals surface area contributed by atoms with Crippen molar-refractivity contribution in [2.24, 2.45) is 0 Å². The second-order valence-electron chi connectivity index (χ2n) is 6.51. The number of aromatic nitrogens is 1. The van der Waals surface area contributed by atoms with Crippen molar-refractivity contribution in [2.75, 3.05) is 40.2 Å². The van der Waals surface area contributed by atoms with Crippen molar-refractivity contribution >= 4 is 49.0 Å². The number of nitrogens with one attached hydrogen (secondary N) is 1. The van der Waals surface area contributed by atoms with Crippen LogP contribution >= 0.6 is 22.7 Å². The highest BCUT2D eigenvalue weighted by atomic mass is 32.1. The molecule has 0 atom stereocenters. The number of carbonyl (C=O) groups is 1. The average molecular weight is 420 g/mol. The number of likely N-dealkylation sites (N-methyl/N-ethyl adjacent to an activating group) is 1. The summed E-state index contributed by atoms with van der Waals surface area (Å²) in [5.41, 5.74) is 2.47. The van der Waals surface area contributed by atoms with E-state index in [2.05, 4.69) is 22.2 Å². The number of nitrogens with zero attached hydrogens (tertiary/aromatic N) is 2. The first-order valence-electron chi connectivity index (χ1n) is 8.75. The maximum Gasteiger partial charge on any atom is 0.341 e. The lowest BCUT2D eigenvalue weighted by Crippen LogP contribution is -2.26. The molecule has 0 fully saturated rings. The van der Waals surface area contributed by atoms with Gasteiger partial charge < -0.3 is 24.4 Å². The van der Waals surface area contributed by atoms with Crippen molar-refractivity contribution < 1.29 is 19.0 Å². The van der Waals surface area contributed by atoms with Crippen molar-refractivity contribution in [1.29, 1.82) is 0 Å². The topological polar surface area (TPSA) is 72.9 Å². The molecule has 2 aromatic heterocycles. The van der Waals surface area contributed by atoms with Crippen LogP contribution in [0.5, 0.6) is 11.5 Å². The van der Waals surface area contributed by atoms with Crippen LogP contribution in [0.2, 0.25) is 0 Å². The summed E-state index contributed by atoms with van der Waals surface area (Å²) >= 11 is 3.08. The maximum absolute atomic E-state index is 12.5. The molecule has 1 aliphatic heterocycles. The van der Waals surface area contributed by atoms with Gasteiger partial charge in [0.05, 0.1) is 31.6 Å². The number of hydrogen-bond acceptors (Lipinski definition) is 9. The van der Waals surface area contributed by atoms with Crippen LogP contribution in [0, 0.1) is 0 Å². The van der Waals surface area contributed by atoms with Gasteiger partial charge in [0.1, 0.15) is 22.0 Å². The second-order valence-corrected chi connectivity index (χ2v) is 8.64. The molecule has 0 unspecified atom stereocenters. The number of methoxy groups -OCH3 is 3. The fourth-order valence-corrected chi connectivity index (χ4v) is 5.63. The number of hydrogen-bond donors (Lipinski definition) is 1. The zero-order chi connectivity index (χ0) is 19.8. The fourth-order valence-electron chi connectivity index (χ4n) is 3.34. The van der Waals surface area contributed by atoms with Gasteiger partial charge in [-0.05, 0) is 25.1 Å². The number of benzene rings is 1. The highest BCUT2D eigenvalue weighted by Gasteiger charge is 2.28. The molecule has 3 aromatic rings. The summed E-state index contributed by atoms with van der Waals surface area (Å²) < 4.78 is 16.8. The van der Waals surface area contributed by atoms with E-state index < -0.39 is 0 Å². The SMILES string of the molecule is COC(=O)c1c(Nc2nc3c(OC)cc(OC)cc3s2)sc2c1CCN(C)C2. The third-order valence-corrected chi connectivity index (χ3v) is 6.80. The Balaban J connectivity index is 1.76. The fraction of sp³-hybridized carbons (Fsp3) is 0.368. The van der Waals surface area contributed by atoms with E-state index in [1.54, 1.807) is 25.6 Å². The molecule has 0 bridgehead atoms. The van der Waals surface area contributed by atoms with Crippen LogP contribution in [0.25, 0.3) is 10.2 Å². The van der Waals surface area contributed by atoms with Gasteiger partial charge >= 0.3 is 5.97 Å². The van der Waals surface area contributed by atoms with Crippen molar-refractivity contribution in [3.8, 4) is 11.5 Å². The van der Waals surface area contributed by atoms with E-state index in [4.69, 9.17) is 14.2 Å². The highest BCUT2D eigenvalue weighted by Crippen LogP contribution is 2.41. The van der Waals surface area contributed by atoms with E-state index in [9.17, 15) is 4.79 Å². The molecule has 1 N–H and O–H groups in total. The number of thiophene rings is 1. The number of rotatable bonds is 5. The number of thiazole rings is 1. The third-order valence-electron chi connectivity index (χ3n) is 4.75. The molecule has 148 valence electrons. The molecule has 0 spiro atoms. The summed E-state index contributed by atoms with van der Waals surface area (Å²) in [7, 11) is 6.73. The van der Waals surface area contributed by atoms with Gasteiger partial charge in [0.2, 0.25) is 0 Å². The van der Waals surface area contributed by atoms with Crippen LogP contribution in [0.15, 0.2) is 12.1 Å². The molecular formula is C19H21N3O4S2. The lowest BCUT2D eigenvalue weighted by Gasteiger charge is -2.22. The lowest BCUT2D eigenvalue weighted by molar-refractivity contribution is 0.0600. The number of ether oxygens (including phenoxy) is 3. The zero-order valence-electron chi connectivity index (χ0n) is 16.1. The molecule has 0 saturated heterocycles. The number of fused-ring (bicyclic) bond motifs is 2. The third kappa shape index (κ3) is 3.30. The van der Waals surface area contributed by atoms with Crippen molar-refractivity contribution in [1.82, 2.24) is 9.88 Å². The van der Waals surface area contributed by atoms with Gasteiger partial charge in [-0.3, -0.25) is 0 Å². The molecule has 7 nitrogen and oxygen atoms in total. The summed E-state index contributed by atoms with van der Waals surface area (Å²) in [4.78, 5) is 20.6. The molecule has 0 amide bonds. The minimum atomic E-state index is -0.315. The Hall–Kier alpha value is -2.36. The molecule has 28 heavy (non-hydrogen) atoms. The van der Waals surface area contributed by atoms with E-state index in [-0.39, 0.29) is 5.97 Å². The molecule has 0 radical (unpaired) electrons. The van der Waals surface area contributed by atoms with Gasteiger partial charge in [0.15, 0.2) is 5.13 Å². The molecule has 3 heterocycles. The summed E-state index contributed by atoms with van der Waals surface area (Å²) in [6.45, 7) is 1.75. The summed E-state index contributed by atoms with van der Waals surface area (Å²) in [6.07, 6.45) is 0.833. The molecule has 1 aliphatic rings. The lowest BCUT2D eigenvalue weighted by atomic mass is 10.0. The zero-order valence-corrected chi connectivity index (χ0v) is 17.8. The predicted molar refractivity (Wildman–Crippen MR) is 112 cm³/mol. The average Bonchev–Trinajstić information content (AvgIpc) is 3.26. The molecule has 0 saturated carbocycles. The highest BCUT2D eigenvalue weighted by molar-refractivity contribution is 7.23. The van der Waals surface area contributed by atoms with Crippen LogP contribution in [0.4, 0.5) is 10.1 Å². The van der Waals surface area contributed by atoms with Crippen LogP contribution in [0.1, 0.15) is 20.8 Å². The number of anilines is 2. The second kappa shape index (κ2) is 7.57. The Bertz CT molecular complexity index is 1040. The van der Waals surface area contributed by atoms with Crippen LogP contribution in [0.3, 0.4) is 0 Å². The predicted octanol–water partition coefficient (Wildman–Crippen LogP) is 3.89. The van der Waals surface area contributed by atoms with E-state index in [1.165, 1.54) is 23.3 Å². The van der Waals surface area contributed by atoms with E-state index in [0.29, 0.717) is 22.2 Å². The Morgan fingerprint density at radius 2 is 2.04 bits per heavy atom. The first kappa shape index (κ1) is 19.0. The maximum atomic E-state index is 12.5.